The first-order valence-corrected chi connectivity index (χ1v) is 37.6. The lowest BCUT2D eigenvalue weighted by Gasteiger charge is -2.20. The van der Waals surface area contributed by atoms with Gasteiger partial charge in [-0.1, -0.05) is 378 Å². The van der Waals surface area contributed by atoms with Gasteiger partial charge in [0.15, 0.2) is 0 Å². The van der Waals surface area contributed by atoms with Gasteiger partial charge in [-0.3, -0.25) is 9.59 Å². The molecule has 6 heteroatoms. The lowest BCUT2D eigenvalue weighted by molar-refractivity contribution is -0.143. The quantitative estimate of drug-likeness (QED) is 0.0320. The summed E-state index contributed by atoms with van der Waals surface area (Å²) in [4.78, 5) is 24.6. The van der Waals surface area contributed by atoms with E-state index in [2.05, 4.69) is 31.3 Å². The molecule has 0 aliphatic heterocycles. The van der Waals surface area contributed by atoms with Gasteiger partial charge >= 0.3 is 5.97 Å². The lowest BCUT2D eigenvalue weighted by atomic mass is 10.0. The Kier molecular flexibility index (Phi) is 70.4. The predicted octanol–water partition coefficient (Wildman–Crippen LogP) is 24.5. The molecule has 1 amide bonds. The lowest BCUT2D eigenvalue weighted by Crippen LogP contribution is -2.45. The van der Waals surface area contributed by atoms with E-state index in [4.69, 9.17) is 4.74 Å². The van der Waals surface area contributed by atoms with Crippen molar-refractivity contribution in [1.82, 2.24) is 5.32 Å². The molecule has 0 aromatic rings. The highest BCUT2D eigenvalue weighted by atomic mass is 16.5. The summed E-state index contributed by atoms with van der Waals surface area (Å²) in [6.45, 7) is 4.94. The van der Waals surface area contributed by atoms with Crippen LogP contribution in [0.3, 0.4) is 0 Å². The molecule has 486 valence electrons. The van der Waals surface area contributed by atoms with E-state index < -0.39 is 12.1 Å². The van der Waals surface area contributed by atoms with Gasteiger partial charge < -0.3 is 20.3 Å². The molecule has 6 nitrogen and oxygen atoms in total. The van der Waals surface area contributed by atoms with Crippen molar-refractivity contribution in [3.05, 3.63) is 24.3 Å². The second-order valence-corrected chi connectivity index (χ2v) is 26.0. The number of ether oxygens (including phenoxy) is 1. The van der Waals surface area contributed by atoms with E-state index in [-0.39, 0.29) is 18.5 Å². The number of unbranched alkanes of at least 4 members (excludes halogenated alkanes) is 58. The summed E-state index contributed by atoms with van der Waals surface area (Å²) in [6, 6.07) is -0.623. The van der Waals surface area contributed by atoms with E-state index in [1.807, 2.05) is 6.08 Å². The molecule has 0 fully saturated rings. The molecule has 0 radical (unpaired) electrons. The zero-order valence-electron chi connectivity index (χ0n) is 55.8. The third kappa shape index (κ3) is 67.5. The van der Waals surface area contributed by atoms with Gasteiger partial charge in [0, 0.05) is 12.8 Å². The number of rotatable bonds is 71. The van der Waals surface area contributed by atoms with Crippen LogP contribution in [-0.4, -0.2) is 47.4 Å². The highest BCUT2D eigenvalue weighted by Crippen LogP contribution is 2.19. The Balaban J connectivity index is 3.31. The van der Waals surface area contributed by atoms with E-state index in [0.717, 1.165) is 38.5 Å². The van der Waals surface area contributed by atoms with Crippen LogP contribution in [0.2, 0.25) is 0 Å². The van der Waals surface area contributed by atoms with E-state index in [0.29, 0.717) is 19.4 Å². The summed E-state index contributed by atoms with van der Waals surface area (Å²) in [5, 5.41) is 23.2. The van der Waals surface area contributed by atoms with Gasteiger partial charge in [0.2, 0.25) is 5.91 Å². The second-order valence-electron chi connectivity index (χ2n) is 26.0. The van der Waals surface area contributed by atoms with Crippen LogP contribution < -0.4 is 5.32 Å². The minimum atomic E-state index is -0.840. The number of allylic oxidation sites excluding steroid dienone is 3. The molecule has 0 aliphatic rings. The first-order valence-electron chi connectivity index (χ1n) is 37.6. The van der Waals surface area contributed by atoms with Gasteiger partial charge in [-0.2, -0.15) is 0 Å². The first kappa shape index (κ1) is 80.3. The van der Waals surface area contributed by atoms with Crippen molar-refractivity contribution in [1.29, 1.82) is 0 Å². The van der Waals surface area contributed by atoms with Crippen LogP contribution in [0.1, 0.15) is 425 Å². The van der Waals surface area contributed by atoms with Crippen LogP contribution in [0.15, 0.2) is 24.3 Å². The molecule has 2 atom stereocenters. The second kappa shape index (κ2) is 71.8. The summed E-state index contributed by atoms with van der Waals surface area (Å²) in [5.41, 5.74) is 0. The van der Waals surface area contributed by atoms with Crippen molar-refractivity contribution in [2.24, 2.45) is 0 Å². The Hall–Kier alpha value is -1.66. The van der Waals surface area contributed by atoms with Gasteiger partial charge in [-0.15, -0.1) is 0 Å². The molecular weight excluding hydrogens is 1010 g/mol. The topological polar surface area (TPSA) is 95.9 Å². The minimum absolute atomic E-state index is 0.0193. The third-order valence-electron chi connectivity index (χ3n) is 17.7. The van der Waals surface area contributed by atoms with Gasteiger partial charge in [-0.05, 0) is 57.8 Å². The molecule has 0 aromatic carbocycles. The standard InChI is InChI=1S/C76H147NO5/c1-3-5-7-9-11-13-15-17-19-20-39-42-46-50-54-58-62-66-70-76(81)82-71-67-63-59-55-51-47-43-40-37-35-33-31-29-27-25-23-21-22-24-26-28-30-32-34-36-38-41-45-49-53-57-61-65-69-75(80)77-73(72-78)74(79)68-64-60-56-52-48-44-18-16-14-12-10-8-6-4-2/h19-20,64,68,73-74,78-79H,3-18,21-63,65-67,69-72H2,1-2H3,(H,77,80)/b20-19-,68-64+. The van der Waals surface area contributed by atoms with Crippen molar-refractivity contribution in [3.63, 3.8) is 0 Å². The highest BCUT2D eigenvalue weighted by Gasteiger charge is 2.18. The Labute approximate surface area is 513 Å². The number of aliphatic hydroxyl groups excluding tert-OH is 2. The molecule has 2 unspecified atom stereocenters. The molecular formula is C76H147NO5. The number of carbonyl (C=O) groups is 2. The number of nitrogens with one attached hydrogen (secondary N) is 1. The molecule has 0 aromatic heterocycles. The summed E-state index contributed by atoms with van der Waals surface area (Å²) >= 11 is 0. The van der Waals surface area contributed by atoms with Crippen LogP contribution in [-0.2, 0) is 14.3 Å². The largest absolute Gasteiger partial charge is 0.466 e. The fraction of sp³-hybridized carbons (Fsp3) is 0.921. The van der Waals surface area contributed by atoms with Gasteiger partial charge in [0.1, 0.15) is 0 Å². The average molecular weight is 1160 g/mol. The van der Waals surface area contributed by atoms with Crippen molar-refractivity contribution in [2.45, 2.75) is 437 Å². The average Bonchev–Trinajstić information content (AvgIpc) is 3.48. The maximum atomic E-state index is 12.5. The number of esters is 1. The molecule has 0 spiro atoms. The van der Waals surface area contributed by atoms with Crippen LogP contribution in [0, 0.1) is 0 Å². The Bertz CT molecular complexity index is 1280. The van der Waals surface area contributed by atoms with Crippen molar-refractivity contribution >= 4 is 11.9 Å². The van der Waals surface area contributed by atoms with Gasteiger partial charge in [-0.25, -0.2) is 0 Å². The number of carbonyl (C=O) groups excluding carboxylic acids is 2. The summed E-state index contributed by atoms with van der Waals surface area (Å²) in [6.07, 6.45) is 91.5. The Morgan fingerprint density at radius 3 is 0.866 bits per heavy atom. The first-order chi connectivity index (χ1) is 40.5. The van der Waals surface area contributed by atoms with Crippen LogP contribution in [0.4, 0.5) is 0 Å². The van der Waals surface area contributed by atoms with Crippen LogP contribution in [0.5, 0.6) is 0 Å². The fourth-order valence-electron chi connectivity index (χ4n) is 12.0. The van der Waals surface area contributed by atoms with E-state index in [1.54, 1.807) is 6.08 Å². The van der Waals surface area contributed by atoms with Gasteiger partial charge in [0.25, 0.3) is 0 Å². The molecule has 0 saturated carbocycles. The minimum Gasteiger partial charge on any atom is -0.466 e. The maximum Gasteiger partial charge on any atom is 0.305 e. The third-order valence-corrected chi connectivity index (χ3v) is 17.7. The summed E-state index contributed by atoms with van der Waals surface area (Å²) < 4.78 is 5.51. The van der Waals surface area contributed by atoms with Crippen LogP contribution in [0.25, 0.3) is 0 Å². The van der Waals surface area contributed by atoms with Crippen molar-refractivity contribution in [3.8, 4) is 0 Å². The molecule has 0 aliphatic carbocycles. The molecule has 0 rings (SSSR count). The Morgan fingerprint density at radius 2 is 0.573 bits per heavy atom. The molecule has 0 bridgehead atoms. The maximum absolute atomic E-state index is 12.5. The zero-order chi connectivity index (χ0) is 59.2. The summed E-state index contributed by atoms with van der Waals surface area (Å²) in [7, 11) is 0. The van der Waals surface area contributed by atoms with Crippen molar-refractivity contribution < 1.29 is 24.5 Å². The number of amides is 1. The number of aliphatic hydroxyl groups is 2. The molecule has 0 saturated heterocycles. The Morgan fingerprint density at radius 1 is 0.329 bits per heavy atom. The fourth-order valence-corrected chi connectivity index (χ4v) is 12.0. The van der Waals surface area contributed by atoms with Gasteiger partial charge in [0.05, 0.1) is 25.4 Å². The van der Waals surface area contributed by atoms with E-state index in [9.17, 15) is 19.8 Å². The van der Waals surface area contributed by atoms with E-state index >= 15 is 0 Å². The number of hydrogen-bond acceptors (Lipinski definition) is 5. The molecule has 0 heterocycles. The zero-order valence-corrected chi connectivity index (χ0v) is 55.8. The predicted molar refractivity (Wildman–Crippen MR) is 361 cm³/mol. The van der Waals surface area contributed by atoms with Crippen LogP contribution >= 0.6 is 0 Å². The molecule has 82 heavy (non-hydrogen) atoms. The summed E-state index contributed by atoms with van der Waals surface area (Å²) in [5.74, 6) is -0.0415. The number of hydrogen-bond donors (Lipinski definition) is 3. The SMILES string of the molecule is CCCCCCCCC/C=C\CCCCCCCCCC(=O)OCCCCCCCCCCCCCCCCCCCCCCCCCCCCCCCCCCCC(=O)NC(CO)C(O)/C=C/CCCCCCCCCCCCCC. The monoisotopic (exact) mass is 1150 g/mol. The van der Waals surface area contributed by atoms with Crippen molar-refractivity contribution in [2.75, 3.05) is 13.2 Å². The highest BCUT2D eigenvalue weighted by molar-refractivity contribution is 5.76. The normalized spacial score (nSPS) is 12.6. The smallest absolute Gasteiger partial charge is 0.305 e. The molecule has 3 N–H and O–H groups in total. The van der Waals surface area contributed by atoms with E-state index in [1.165, 1.54) is 360 Å².